The molecule has 0 amide bonds. The van der Waals surface area contributed by atoms with Crippen molar-refractivity contribution >= 4 is 0 Å². The fourth-order valence-corrected chi connectivity index (χ4v) is 3.13. The van der Waals surface area contributed by atoms with E-state index in [-0.39, 0.29) is 0 Å². The SMILES string of the molecule is CCCCCCCCCCCCC(NCC)C(C)C(C)C. The van der Waals surface area contributed by atoms with Crippen LogP contribution in [0.3, 0.4) is 0 Å². The molecule has 0 heterocycles. The van der Waals surface area contributed by atoms with Crippen molar-refractivity contribution in [3.63, 3.8) is 0 Å². The summed E-state index contributed by atoms with van der Waals surface area (Å²) in [5, 5.41) is 3.69. The Balaban J connectivity index is 3.50. The van der Waals surface area contributed by atoms with E-state index in [1.807, 2.05) is 0 Å². The summed E-state index contributed by atoms with van der Waals surface area (Å²) in [6.45, 7) is 12.8. The van der Waals surface area contributed by atoms with Crippen LogP contribution in [0.15, 0.2) is 0 Å². The smallest absolute Gasteiger partial charge is 0.00950 e. The molecule has 0 aromatic heterocycles. The van der Waals surface area contributed by atoms with Crippen molar-refractivity contribution in [1.82, 2.24) is 5.32 Å². The van der Waals surface area contributed by atoms with Crippen molar-refractivity contribution in [1.29, 1.82) is 0 Å². The Labute approximate surface area is 135 Å². The molecular weight excluding hydrogens is 254 g/mol. The minimum atomic E-state index is 0.726. The van der Waals surface area contributed by atoms with Gasteiger partial charge >= 0.3 is 0 Å². The van der Waals surface area contributed by atoms with Crippen molar-refractivity contribution in [2.24, 2.45) is 11.8 Å². The summed E-state index contributed by atoms with van der Waals surface area (Å²) in [7, 11) is 0. The first-order chi connectivity index (χ1) is 10.1. The van der Waals surface area contributed by atoms with Gasteiger partial charge in [0, 0.05) is 6.04 Å². The van der Waals surface area contributed by atoms with E-state index in [1.54, 1.807) is 0 Å². The molecule has 2 atom stereocenters. The summed E-state index contributed by atoms with van der Waals surface area (Å²) >= 11 is 0. The Morgan fingerprint density at radius 1 is 0.667 bits per heavy atom. The van der Waals surface area contributed by atoms with Gasteiger partial charge in [0.15, 0.2) is 0 Å². The monoisotopic (exact) mass is 297 g/mol. The number of nitrogens with one attached hydrogen (secondary N) is 1. The Morgan fingerprint density at radius 2 is 1.14 bits per heavy atom. The van der Waals surface area contributed by atoms with Crippen LogP contribution in [0.5, 0.6) is 0 Å². The van der Waals surface area contributed by atoms with E-state index in [9.17, 15) is 0 Å². The van der Waals surface area contributed by atoms with E-state index >= 15 is 0 Å². The van der Waals surface area contributed by atoms with Gasteiger partial charge in [-0.15, -0.1) is 0 Å². The van der Waals surface area contributed by atoms with Crippen LogP contribution in [0.25, 0.3) is 0 Å². The normalized spacial score (nSPS) is 14.6. The van der Waals surface area contributed by atoms with E-state index in [0.717, 1.165) is 24.4 Å². The molecule has 0 fully saturated rings. The molecule has 0 aliphatic rings. The number of hydrogen-bond acceptors (Lipinski definition) is 1. The fourth-order valence-electron chi connectivity index (χ4n) is 3.13. The molecule has 21 heavy (non-hydrogen) atoms. The van der Waals surface area contributed by atoms with Crippen molar-refractivity contribution < 1.29 is 0 Å². The van der Waals surface area contributed by atoms with Crippen LogP contribution >= 0.6 is 0 Å². The molecule has 0 aliphatic carbocycles. The average Bonchev–Trinajstić information content (AvgIpc) is 2.47. The minimum Gasteiger partial charge on any atom is -0.314 e. The molecule has 0 aliphatic heterocycles. The lowest BCUT2D eigenvalue weighted by Gasteiger charge is -2.27. The standard InChI is InChI=1S/C20H43N/c1-6-8-9-10-11-12-13-14-15-16-17-20(21-7-2)19(5)18(3)4/h18-21H,6-17H2,1-5H3. The van der Waals surface area contributed by atoms with Gasteiger partial charge in [0.05, 0.1) is 0 Å². The Kier molecular flexibility index (Phi) is 14.9. The maximum Gasteiger partial charge on any atom is 0.00950 e. The second kappa shape index (κ2) is 14.9. The van der Waals surface area contributed by atoms with Crippen molar-refractivity contribution in [2.75, 3.05) is 6.54 Å². The highest BCUT2D eigenvalue weighted by Gasteiger charge is 2.18. The summed E-state index contributed by atoms with van der Waals surface area (Å²) in [4.78, 5) is 0. The highest BCUT2D eigenvalue weighted by atomic mass is 14.9. The predicted octanol–water partition coefficient (Wildman–Crippen LogP) is 6.57. The summed E-state index contributed by atoms with van der Waals surface area (Å²) in [5.41, 5.74) is 0. The molecule has 0 radical (unpaired) electrons. The number of unbranched alkanes of at least 4 members (excludes halogenated alkanes) is 9. The van der Waals surface area contributed by atoms with Gasteiger partial charge in [-0.25, -0.2) is 0 Å². The maximum absolute atomic E-state index is 3.69. The molecule has 0 rings (SSSR count). The van der Waals surface area contributed by atoms with E-state index in [4.69, 9.17) is 0 Å². The Bertz CT molecular complexity index is 200. The molecule has 0 saturated heterocycles. The minimum absolute atomic E-state index is 0.726. The van der Waals surface area contributed by atoms with Crippen LogP contribution in [0.4, 0.5) is 0 Å². The first-order valence-electron chi connectivity index (χ1n) is 9.86. The molecule has 1 nitrogen and oxygen atoms in total. The molecule has 0 bridgehead atoms. The lowest BCUT2D eigenvalue weighted by Crippen LogP contribution is -2.37. The summed E-state index contributed by atoms with van der Waals surface area (Å²) < 4.78 is 0. The van der Waals surface area contributed by atoms with Crippen LogP contribution in [-0.4, -0.2) is 12.6 Å². The average molecular weight is 298 g/mol. The molecule has 0 saturated carbocycles. The van der Waals surface area contributed by atoms with Gasteiger partial charge in [0.1, 0.15) is 0 Å². The zero-order valence-corrected chi connectivity index (χ0v) is 15.7. The Morgan fingerprint density at radius 3 is 1.57 bits per heavy atom. The largest absolute Gasteiger partial charge is 0.314 e. The van der Waals surface area contributed by atoms with E-state index in [1.165, 1.54) is 70.6 Å². The number of rotatable bonds is 15. The fraction of sp³-hybridized carbons (Fsp3) is 1.00. The van der Waals surface area contributed by atoms with Crippen molar-refractivity contribution in [3.05, 3.63) is 0 Å². The van der Waals surface area contributed by atoms with Crippen molar-refractivity contribution in [3.8, 4) is 0 Å². The molecule has 1 heteroatoms. The van der Waals surface area contributed by atoms with Crippen LogP contribution in [0, 0.1) is 11.8 Å². The van der Waals surface area contributed by atoms with Gasteiger partial charge in [0.25, 0.3) is 0 Å². The lowest BCUT2D eigenvalue weighted by molar-refractivity contribution is 0.282. The van der Waals surface area contributed by atoms with Crippen LogP contribution in [-0.2, 0) is 0 Å². The predicted molar refractivity (Wildman–Crippen MR) is 97.9 cm³/mol. The van der Waals surface area contributed by atoms with Gasteiger partial charge in [-0.3, -0.25) is 0 Å². The van der Waals surface area contributed by atoms with E-state index in [0.29, 0.717) is 0 Å². The van der Waals surface area contributed by atoms with Crippen LogP contribution in [0.1, 0.15) is 105 Å². The molecule has 2 unspecified atom stereocenters. The van der Waals surface area contributed by atoms with Crippen LogP contribution in [0.2, 0.25) is 0 Å². The van der Waals surface area contributed by atoms with E-state index < -0.39 is 0 Å². The Hall–Kier alpha value is -0.0400. The second-order valence-electron chi connectivity index (χ2n) is 7.24. The van der Waals surface area contributed by atoms with Crippen LogP contribution < -0.4 is 5.32 Å². The van der Waals surface area contributed by atoms with Gasteiger partial charge in [0.2, 0.25) is 0 Å². The topological polar surface area (TPSA) is 12.0 Å². The maximum atomic E-state index is 3.69. The molecule has 1 N–H and O–H groups in total. The summed E-state index contributed by atoms with van der Waals surface area (Å²) in [5.74, 6) is 1.58. The zero-order chi connectivity index (χ0) is 15.9. The molecule has 0 aromatic carbocycles. The molecular formula is C20H43N. The molecule has 0 aromatic rings. The van der Waals surface area contributed by atoms with Crippen molar-refractivity contribution in [2.45, 2.75) is 111 Å². The van der Waals surface area contributed by atoms with Gasteiger partial charge in [-0.05, 0) is 24.8 Å². The highest BCUT2D eigenvalue weighted by molar-refractivity contribution is 4.75. The van der Waals surface area contributed by atoms with Gasteiger partial charge in [-0.1, -0.05) is 98.8 Å². The first kappa shape index (κ1) is 21.0. The van der Waals surface area contributed by atoms with Gasteiger partial charge < -0.3 is 5.32 Å². The summed E-state index contributed by atoms with van der Waals surface area (Å²) in [6, 6.07) is 0.726. The summed E-state index contributed by atoms with van der Waals surface area (Å²) in [6.07, 6.45) is 15.7. The third-order valence-electron chi connectivity index (χ3n) is 5.02. The third-order valence-corrected chi connectivity index (χ3v) is 5.02. The first-order valence-corrected chi connectivity index (χ1v) is 9.86. The zero-order valence-electron chi connectivity index (χ0n) is 15.7. The number of hydrogen-bond donors (Lipinski definition) is 1. The molecule has 128 valence electrons. The third kappa shape index (κ3) is 12.2. The molecule has 0 spiro atoms. The second-order valence-corrected chi connectivity index (χ2v) is 7.24. The quantitative estimate of drug-likeness (QED) is 0.337. The van der Waals surface area contributed by atoms with Gasteiger partial charge in [-0.2, -0.15) is 0 Å². The van der Waals surface area contributed by atoms with E-state index in [2.05, 4.69) is 39.9 Å². The highest BCUT2D eigenvalue weighted by Crippen LogP contribution is 2.20. The lowest BCUT2D eigenvalue weighted by atomic mass is 9.87.